The van der Waals surface area contributed by atoms with Gasteiger partial charge >= 0.3 is 6.18 Å². The van der Waals surface area contributed by atoms with Crippen molar-refractivity contribution in [2.45, 2.75) is 31.5 Å². The summed E-state index contributed by atoms with van der Waals surface area (Å²) in [5.74, 6) is -0.0965. The molecule has 0 spiro atoms. The largest absolute Gasteiger partial charge is 0.424 e. The molecule has 1 aromatic carbocycles. The van der Waals surface area contributed by atoms with Crippen LogP contribution < -0.4 is 10.6 Å². The van der Waals surface area contributed by atoms with Gasteiger partial charge in [0, 0.05) is 50.5 Å². The van der Waals surface area contributed by atoms with E-state index in [1.54, 1.807) is 6.07 Å². The van der Waals surface area contributed by atoms with Crippen LogP contribution >= 0.6 is 35.6 Å². The maximum atomic E-state index is 13.6. The van der Waals surface area contributed by atoms with Crippen LogP contribution in [0.1, 0.15) is 24.7 Å². The SMILES string of the molecule is CCNC(=NCCC(O)(c1nccn1C)C(F)(F)F)NCCc1ccccc1Cl.I. The summed E-state index contributed by atoms with van der Waals surface area (Å²) in [6.07, 6.45) is -2.32. The van der Waals surface area contributed by atoms with Crippen LogP contribution in [0.25, 0.3) is 0 Å². The van der Waals surface area contributed by atoms with E-state index in [1.165, 1.54) is 19.4 Å². The normalized spacial score (nSPS) is 14.0. The molecule has 0 aliphatic carbocycles. The van der Waals surface area contributed by atoms with Gasteiger partial charge in [-0.05, 0) is 25.0 Å². The zero-order valence-electron chi connectivity index (χ0n) is 16.7. The quantitative estimate of drug-likeness (QED) is 0.262. The predicted molar refractivity (Wildman–Crippen MR) is 122 cm³/mol. The number of alkyl halides is 3. The van der Waals surface area contributed by atoms with Gasteiger partial charge in [0.05, 0.1) is 0 Å². The lowest BCUT2D eigenvalue weighted by molar-refractivity contribution is -0.272. The third kappa shape index (κ3) is 6.74. The van der Waals surface area contributed by atoms with Crippen molar-refractivity contribution < 1.29 is 18.3 Å². The monoisotopic (exact) mass is 559 g/mol. The van der Waals surface area contributed by atoms with Crippen molar-refractivity contribution in [1.29, 1.82) is 0 Å². The first-order valence-corrected chi connectivity index (χ1v) is 9.59. The third-order valence-corrected chi connectivity index (χ3v) is 4.76. The van der Waals surface area contributed by atoms with Crippen molar-refractivity contribution in [3.63, 3.8) is 0 Å². The molecule has 0 bridgehead atoms. The minimum absolute atomic E-state index is 0. The Morgan fingerprint density at radius 2 is 1.97 bits per heavy atom. The molecular formula is C19H26ClF3IN5O. The first-order valence-electron chi connectivity index (χ1n) is 9.21. The number of benzene rings is 1. The number of aryl methyl sites for hydroxylation is 1. The Labute approximate surface area is 196 Å². The third-order valence-electron chi connectivity index (χ3n) is 4.39. The lowest BCUT2D eigenvalue weighted by atomic mass is 9.98. The number of aliphatic imine (C=N–C) groups is 1. The van der Waals surface area contributed by atoms with Crippen LogP contribution in [-0.4, -0.2) is 46.4 Å². The Kier molecular flexibility index (Phi) is 10.4. The fourth-order valence-corrected chi connectivity index (χ4v) is 3.06. The molecular weight excluding hydrogens is 534 g/mol. The van der Waals surface area contributed by atoms with Gasteiger partial charge in [-0.25, -0.2) is 4.98 Å². The molecule has 0 saturated carbocycles. The molecule has 168 valence electrons. The first-order chi connectivity index (χ1) is 13.7. The van der Waals surface area contributed by atoms with E-state index in [0.29, 0.717) is 30.5 Å². The highest BCUT2D eigenvalue weighted by molar-refractivity contribution is 14.0. The lowest BCUT2D eigenvalue weighted by Crippen LogP contribution is -2.45. The van der Waals surface area contributed by atoms with Gasteiger partial charge in [-0.3, -0.25) is 4.99 Å². The fraction of sp³-hybridized carbons (Fsp3) is 0.474. The van der Waals surface area contributed by atoms with E-state index in [0.717, 1.165) is 10.1 Å². The molecule has 0 aliphatic heterocycles. The standard InChI is InChI=1S/C19H25ClF3N5O.HI/c1-3-24-17(26-10-8-14-6-4-5-7-15(14)20)27-11-9-18(29,19(21,22)23)16-25-12-13-28(16)2;/h4-7,12-13,29H,3,8-11H2,1-2H3,(H2,24,26,27);1H. The molecule has 1 heterocycles. The zero-order valence-corrected chi connectivity index (χ0v) is 19.8. The molecule has 0 aliphatic rings. The van der Waals surface area contributed by atoms with Crippen LogP contribution in [0.2, 0.25) is 5.02 Å². The minimum atomic E-state index is -4.88. The van der Waals surface area contributed by atoms with Crippen molar-refractivity contribution >= 4 is 41.5 Å². The number of hydrogen-bond donors (Lipinski definition) is 3. The fourth-order valence-electron chi connectivity index (χ4n) is 2.83. The molecule has 0 saturated heterocycles. The average molecular weight is 560 g/mol. The number of nitrogens with zero attached hydrogens (tertiary/aromatic N) is 3. The lowest BCUT2D eigenvalue weighted by Gasteiger charge is -2.29. The Bertz CT molecular complexity index is 830. The minimum Gasteiger partial charge on any atom is -0.374 e. The summed E-state index contributed by atoms with van der Waals surface area (Å²) in [6, 6.07) is 7.43. The molecule has 30 heavy (non-hydrogen) atoms. The van der Waals surface area contributed by atoms with E-state index in [9.17, 15) is 18.3 Å². The Hall–Kier alpha value is -1.53. The summed E-state index contributed by atoms with van der Waals surface area (Å²) in [7, 11) is 1.41. The second-order valence-electron chi connectivity index (χ2n) is 6.50. The highest BCUT2D eigenvalue weighted by Gasteiger charge is 2.57. The van der Waals surface area contributed by atoms with E-state index >= 15 is 0 Å². The van der Waals surface area contributed by atoms with Crippen LogP contribution in [0.4, 0.5) is 13.2 Å². The number of hydrogen-bond acceptors (Lipinski definition) is 3. The molecule has 0 amide bonds. The number of halogens is 5. The van der Waals surface area contributed by atoms with Gasteiger partial charge in [0.1, 0.15) is 5.82 Å². The summed E-state index contributed by atoms with van der Waals surface area (Å²) in [5, 5.41) is 17.0. The van der Waals surface area contributed by atoms with Crippen LogP contribution in [0.15, 0.2) is 41.7 Å². The summed E-state index contributed by atoms with van der Waals surface area (Å²) in [6.45, 7) is 2.65. The summed E-state index contributed by atoms with van der Waals surface area (Å²) < 4.78 is 41.8. The second-order valence-corrected chi connectivity index (χ2v) is 6.91. The molecule has 1 aromatic heterocycles. The van der Waals surface area contributed by atoms with E-state index < -0.39 is 24.0 Å². The zero-order chi connectivity index (χ0) is 21.5. The average Bonchev–Trinajstić information content (AvgIpc) is 3.08. The van der Waals surface area contributed by atoms with E-state index in [2.05, 4.69) is 20.6 Å². The molecule has 11 heteroatoms. The van der Waals surface area contributed by atoms with Crippen molar-refractivity contribution in [3.05, 3.63) is 53.1 Å². The smallest absolute Gasteiger partial charge is 0.374 e. The number of imidazole rings is 1. The Morgan fingerprint density at radius 3 is 2.53 bits per heavy atom. The van der Waals surface area contributed by atoms with Crippen LogP contribution in [0.3, 0.4) is 0 Å². The van der Waals surface area contributed by atoms with E-state index in [-0.39, 0.29) is 30.5 Å². The van der Waals surface area contributed by atoms with Gasteiger partial charge in [0.15, 0.2) is 5.96 Å². The number of guanidine groups is 1. The molecule has 0 radical (unpaired) electrons. The summed E-state index contributed by atoms with van der Waals surface area (Å²) in [4.78, 5) is 7.85. The van der Waals surface area contributed by atoms with Crippen molar-refractivity contribution in [1.82, 2.24) is 20.2 Å². The van der Waals surface area contributed by atoms with Crippen LogP contribution in [-0.2, 0) is 19.1 Å². The maximum absolute atomic E-state index is 13.6. The number of rotatable bonds is 8. The molecule has 1 unspecified atom stereocenters. The number of aromatic nitrogens is 2. The van der Waals surface area contributed by atoms with Crippen molar-refractivity contribution in [2.24, 2.45) is 12.0 Å². The summed E-state index contributed by atoms with van der Waals surface area (Å²) in [5.41, 5.74) is -2.12. The summed E-state index contributed by atoms with van der Waals surface area (Å²) >= 11 is 6.12. The molecule has 6 nitrogen and oxygen atoms in total. The van der Waals surface area contributed by atoms with Gasteiger partial charge < -0.3 is 20.3 Å². The van der Waals surface area contributed by atoms with Crippen molar-refractivity contribution in [2.75, 3.05) is 19.6 Å². The topological polar surface area (TPSA) is 74.5 Å². The van der Waals surface area contributed by atoms with Gasteiger partial charge in [-0.1, -0.05) is 29.8 Å². The maximum Gasteiger partial charge on any atom is 0.424 e. The number of nitrogens with one attached hydrogen (secondary N) is 2. The van der Waals surface area contributed by atoms with Crippen molar-refractivity contribution in [3.8, 4) is 0 Å². The molecule has 0 fully saturated rings. The number of aliphatic hydroxyl groups is 1. The molecule has 1 atom stereocenters. The van der Waals surface area contributed by atoms with Gasteiger partial charge in [-0.2, -0.15) is 13.2 Å². The Morgan fingerprint density at radius 1 is 1.27 bits per heavy atom. The van der Waals surface area contributed by atoms with Crippen LogP contribution in [0, 0.1) is 0 Å². The van der Waals surface area contributed by atoms with Gasteiger partial charge in [-0.15, -0.1) is 24.0 Å². The highest BCUT2D eigenvalue weighted by atomic mass is 127. The molecule has 2 aromatic rings. The van der Waals surface area contributed by atoms with E-state index in [1.807, 2.05) is 25.1 Å². The molecule has 3 N–H and O–H groups in total. The van der Waals surface area contributed by atoms with E-state index in [4.69, 9.17) is 11.6 Å². The highest BCUT2D eigenvalue weighted by Crippen LogP contribution is 2.40. The van der Waals surface area contributed by atoms with Crippen LogP contribution in [0.5, 0.6) is 0 Å². The Balaban J connectivity index is 0.00000450. The van der Waals surface area contributed by atoms with Gasteiger partial charge in [0.25, 0.3) is 0 Å². The predicted octanol–water partition coefficient (Wildman–Crippen LogP) is 3.63. The van der Waals surface area contributed by atoms with Gasteiger partial charge in [0.2, 0.25) is 5.60 Å². The molecule has 2 rings (SSSR count). The first kappa shape index (κ1) is 26.5. The second kappa shape index (κ2) is 11.8.